The summed E-state index contributed by atoms with van der Waals surface area (Å²) in [7, 11) is 0. The van der Waals surface area contributed by atoms with Crippen LogP contribution in [0.15, 0.2) is 48.5 Å². The maximum atomic E-state index is 5.94. The van der Waals surface area contributed by atoms with Crippen LogP contribution in [0.25, 0.3) is 0 Å². The Hall–Kier alpha value is -2.00. The fourth-order valence-electron chi connectivity index (χ4n) is 2.74. The molecule has 21 heavy (non-hydrogen) atoms. The fraction of sp³-hybridized carbons (Fsp3) is 0.333. The first-order valence-electron chi connectivity index (χ1n) is 7.43. The number of epoxide rings is 1. The van der Waals surface area contributed by atoms with Gasteiger partial charge in [0.2, 0.25) is 0 Å². The Labute approximate surface area is 124 Å². The maximum Gasteiger partial charge on any atom is 0.126 e. The van der Waals surface area contributed by atoms with E-state index in [0.717, 1.165) is 31.1 Å². The van der Waals surface area contributed by atoms with Crippen molar-refractivity contribution in [1.29, 1.82) is 0 Å². The van der Waals surface area contributed by atoms with E-state index >= 15 is 0 Å². The van der Waals surface area contributed by atoms with Gasteiger partial charge in [0.1, 0.15) is 24.2 Å². The Bertz CT molecular complexity index is 620. The van der Waals surface area contributed by atoms with Crippen LogP contribution < -0.4 is 9.47 Å². The molecule has 0 aromatic heterocycles. The van der Waals surface area contributed by atoms with Gasteiger partial charge in [-0.3, -0.25) is 0 Å². The predicted molar refractivity (Wildman–Crippen MR) is 80.1 cm³/mol. The minimum Gasteiger partial charge on any atom is -0.493 e. The summed E-state index contributed by atoms with van der Waals surface area (Å²) in [5.74, 6) is 2.25. The first-order chi connectivity index (χ1) is 10.4. The Balaban J connectivity index is 1.48. The van der Waals surface area contributed by atoms with Crippen LogP contribution in [0.2, 0.25) is 0 Å². The minimum absolute atomic E-state index is 0.282. The zero-order valence-electron chi connectivity index (χ0n) is 11.8. The molecule has 2 atom stereocenters. The normalized spacial score (nSPS) is 23.0. The van der Waals surface area contributed by atoms with Crippen molar-refractivity contribution in [2.24, 2.45) is 0 Å². The minimum atomic E-state index is 0.282. The van der Waals surface area contributed by atoms with Crippen molar-refractivity contribution in [2.75, 3.05) is 19.8 Å². The van der Waals surface area contributed by atoms with Crippen LogP contribution >= 0.6 is 0 Å². The van der Waals surface area contributed by atoms with E-state index in [4.69, 9.17) is 14.2 Å². The third-order valence-electron chi connectivity index (χ3n) is 4.05. The molecule has 0 saturated carbocycles. The number of ether oxygens (including phenoxy) is 3. The summed E-state index contributed by atoms with van der Waals surface area (Å²) >= 11 is 0. The molecule has 0 N–H and O–H groups in total. The zero-order chi connectivity index (χ0) is 14.1. The smallest absolute Gasteiger partial charge is 0.126 e. The predicted octanol–water partition coefficient (Wildman–Crippen LogP) is 3.18. The lowest BCUT2D eigenvalue weighted by Gasteiger charge is -2.26. The molecular weight excluding hydrogens is 264 g/mol. The van der Waals surface area contributed by atoms with Gasteiger partial charge < -0.3 is 14.2 Å². The Kier molecular flexibility index (Phi) is 3.28. The van der Waals surface area contributed by atoms with Crippen LogP contribution in [0.5, 0.6) is 11.5 Å². The summed E-state index contributed by atoms with van der Waals surface area (Å²) in [6.07, 6.45) is 1.30. The lowest BCUT2D eigenvalue weighted by Crippen LogP contribution is -2.19. The van der Waals surface area contributed by atoms with Gasteiger partial charge in [-0.15, -0.1) is 0 Å². The van der Waals surface area contributed by atoms with E-state index in [1.54, 1.807) is 0 Å². The quantitative estimate of drug-likeness (QED) is 0.807. The fourth-order valence-corrected chi connectivity index (χ4v) is 2.74. The highest BCUT2D eigenvalue weighted by Gasteiger charge is 2.24. The number of hydrogen-bond acceptors (Lipinski definition) is 3. The van der Waals surface area contributed by atoms with Gasteiger partial charge in [0.15, 0.2) is 0 Å². The van der Waals surface area contributed by atoms with Crippen molar-refractivity contribution < 1.29 is 14.2 Å². The number of rotatable bonds is 4. The molecule has 0 amide bonds. The monoisotopic (exact) mass is 282 g/mol. The number of fused-ring (bicyclic) bond motifs is 1. The van der Waals surface area contributed by atoms with E-state index in [1.165, 1.54) is 11.1 Å². The lowest BCUT2D eigenvalue weighted by molar-refractivity contribution is 0.249. The molecule has 3 heteroatoms. The topological polar surface area (TPSA) is 31.0 Å². The number of hydrogen-bond donors (Lipinski definition) is 0. The summed E-state index contributed by atoms with van der Waals surface area (Å²) in [5, 5.41) is 0. The summed E-state index contributed by atoms with van der Waals surface area (Å²) in [6, 6.07) is 16.7. The highest BCUT2D eigenvalue weighted by atomic mass is 16.6. The molecular formula is C18H18O3. The molecule has 0 aliphatic carbocycles. The second-order valence-electron chi connectivity index (χ2n) is 5.66. The Morgan fingerprint density at radius 1 is 1.05 bits per heavy atom. The summed E-state index contributed by atoms with van der Waals surface area (Å²) < 4.78 is 16.8. The third kappa shape index (κ3) is 2.88. The molecule has 0 radical (unpaired) electrons. The van der Waals surface area contributed by atoms with Gasteiger partial charge in [-0.1, -0.05) is 36.4 Å². The zero-order valence-corrected chi connectivity index (χ0v) is 11.8. The van der Waals surface area contributed by atoms with Crippen LogP contribution in [-0.2, 0) is 11.2 Å². The largest absolute Gasteiger partial charge is 0.493 e. The average molecular weight is 282 g/mol. The van der Waals surface area contributed by atoms with Gasteiger partial charge in [-0.2, -0.15) is 0 Å². The van der Waals surface area contributed by atoms with Crippen molar-refractivity contribution in [2.45, 2.75) is 18.4 Å². The van der Waals surface area contributed by atoms with Gasteiger partial charge in [-0.25, -0.2) is 0 Å². The van der Waals surface area contributed by atoms with E-state index < -0.39 is 0 Å². The molecule has 2 aromatic carbocycles. The third-order valence-corrected chi connectivity index (χ3v) is 4.05. The first kappa shape index (κ1) is 12.7. The first-order valence-corrected chi connectivity index (χ1v) is 7.43. The van der Waals surface area contributed by atoms with Gasteiger partial charge >= 0.3 is 0 Å². The molecule has 108 valence electrons. The Morgan fingerprint density at radius 2 is 1.90 bits per heavy atom. The molecule has 4 rings (SSSR count). The SMILES string of the molecule is c1ccc(C2COc3cc(OCC4CO4)ccc3C2)cc1. The molecule has 2 aliphatic rings. The number of benzene rings is 2. The summed E-state index contributed by atoms with van der Waals surface area (Å²) in [5.41, 5.74) is 2.60. The maximum absolute atomic E-state index is 5.94. The highest BCUT2D eigenvalue weighted by Crippen LogP contribution is 2.34. The van der Waals surface area contributed by atoms with Crippen LogP contribution in [0.3, 0.4) is 0 Å². The van der Waals surface area contributed by atoms with Crippen LogP contribution in [0, 0.1) is 0 Å². The van der Waals surface area contributed by atoms with Crippen LogP contribution in [0.4, 0.5) is 0 Å². The van der Waals surface area contributed by atoms with Crippen molar-refractivity contribution >= 4 is 0 Å². The average Bonchev–Trinajstić information content (AvgIpc) is 3.37. The molecule has 0 bridgehead atoms. The van der Waals surface area contributed by atoms with Crippen molar-refractivity contribution in [3.8, 4) is 11.5 Å². The van der Waals surface area contributed by atoms with Gasteiger partial charge in [0.25, 0.3) is 0 Å². The van der Waals surface area contributed by atoms with Gasteiger partial charge in [0.05, 0.1) is 13.2 Å². The second-order valence-corrected chi connectivity index (χ2v) is 5.66. The van der Waals surface area contributed by atoms with E-state index in [2.05, 4.69) is 30.3 Å². The summed E-state index contributed by atoms with van der Waals surface area (Å²) in [6.45, 7) is 2.18. The summed E-state index contributed by atoms with van der Waals surface area (Å²) in [4.78, 5) is 0. The molecule has 1 fully saturated rings. The molecule has 2 aliphatic heterocycles. The molecule has 1 saturated heterocycles. The van der Waals surface area contributed by atoms with Crippen molar-refractivity contribution in [1.82, 2.24) is 0 Å². The lowest BCUT2D eigenvalue weighted by atomic mass is 9.90. The van der Waals surface area contributed by atoms with Crippen molar-refractivity contribution in [3.63, 3.8) is 0 Å². The van der Waals surface area contributed by atoms with Gasteiger partial charge in [0, 0.05) is 12.0 Å². The van der Waals surface area contributed by atoms with Crippen LogP contribution in [-0.4, -0.2) is 25.9 Å². The second kappa shape index (κ2) is 5.41. The van der Waals surface area contributed by atoms with E-state index in [1.807, 2.05) is 18.2 Å². The molecule has 2 heterocycles. The van der Waals surface area contributed by atoms with Crippen LogP contribution in [0.1, 0.15) is 17.0 Å². The molecule has 2 aromatic rings. The van der Waals surface area contributed by atoms with Crippen molar-refractivity contribution in [3.05, 3.63) is 59.7 Å². The standard InChI is InChI=1S/C18H18O3/c1-2-4-13(5-3-1)15-8-14-6-7-16(9-18(14)21-10-15)19-11-17-12-20-17/h1-7,9,15,17H,8,10-12H2. The highest BCUT2D eigenvalue weighted by molar-refractivity contribution is 5.43. The van der Waals surface area contributed by atoms with Gasteiger partial charge in [-0.05, 0) is 23.6 Å². The molecule has 2 unspecified atom stereocenters. The molecule has 3 nitrogen and oxygen atoms in total. The Morgan fingerprint density at radius 3 is 2.71 bits per heavy atom. The van der Waals surface area contributed by atoms with E-state index in [0.29, 0.717) is 12.5 Å². The van der Waals surface area contributed by atoms with E-state index in [9.17, 15) is 0 Å². The molecule has 0 spiro atoms. The van der Waals surface area contributed by atoms with E-state index in [-0.39, 0.29) is 6.10 Å².